The van der Waals surface area contributed by atoms with Gasteiger partial charge in [0, 0.05) is 38.6 Å². The Bertz CT molecular complexity index is 3370. The van der Waals surface area contributed by atoms with Crippen LogP contribution in [-0.2, 0) is 5.41 Å². The van der Waals surface area contributed by atoms with E-state index in [1.54, 1.807) is 0 Å². The number of nitrogens with zero attached hydrogens (tertiary/aromatic N) is 1. The summed E-state index contributed by atoms with van der Waals surface area (Å²) in [5.74, 6) is 0. The third-order valence-electron chi connectivity index (χ3n) is 11.7. The second-order valence-electron chi connectivity index (χ2n) is 15.4. The molecule has 0 spiro atoms. The van der Waals surface area contributed by atoms with Crippen molar-refractivity contribution in [2.45, 2.75) is 19.3 Å². The Morgan fingerprint density at radius 1 is 0.439 bits per heavy atom. The number of anilines is 3. The van der Waals surface area contributed by atoms with Crippen LogP contribution in [0.25, 0.3) is 77.2 Å². The van der Waals surface area contributed by atoms with Gasteiger partial charge in [-0.1, -0.05) is 159 Å². The molecule has 0 saturated heterocycles. The highest BCUT2D eigenvalue weighted by atomic mass is 16.3. The van der Waals surface area contributed by atoms with Gasteiger partial charge in [-0.15, -0.1) is 0 Å². The van der Waals surface area contributed by atoms with Gasteiger partial charge in [0.05, 0.1) is 5.48 Å². The van der Waals surface area contributed by atoms with Crippen LogP contribution >= 0.6 is 0 Å². The first-order valence-corrected chi connectivity index (χ1v) is 19.4. The summed E-state index contributed by atoms with van der Waals surface area (Å²) in [7, 11) is 0. The van der Waals surface area contributed by atoms with Gasteiger partial charge in [-0.2, -0.15) is 0 Å². The average Bonchev–Trinajstić information content (AvgIpc) is 3.80. The minimum Gasteiger partial charge on any atom is -0.455 e. The lowest BCUT2D eigenvalue weighted by Gasteiger charge is -2.28. The summed E-state index contributed by atoms with van der Waals surface area (Å²) in [6.45, 7) is 4.47. The number of rotatable bonds is 6. The summed E-state index contributed by atoms with van der Waals surface area (Å²) in [6, 6.07) is 58.9. The summed E-state index contributed by atoms with van der Waals surface area (Å²) >= 11 is 0. The molecule has 0 bridgehead atoms. The number of fused-ring (bicyclic) bond motifs is 8. The largest absolute Gasteiger partial charge is 0.455 e. The van der Waals surface area contributed by atoms with E-state index in [4.69, 9.17) is 4.42 Å². The molecule has 0 saturated carbocycles. The summed E-state index contributed by atoms with van der Waals surface area (Å²) < 4.78 is 45.1. The molecule has 57 heavy (non-hydrogen) atoms. The van der Waals surface area contributed by atoms with Crippen molar-refractivity contribution in [1.82, 2.24) is 0 Å². The second-order valence-corrected chi connectivity index (χ2v) is 15.4. The van der Waals surface area contributed by atoms with Crippen molar-refractivity contribution in [1.29, 1.82) is 0 Å². The lowest BCUT2D eigenvalue weighted by atomic mass is 9.82. The fraction of sp³-hybridized carbons (Fsp3) is 0.0545. The highest BCUT2D eigenvalue weighted by molar-refractivity contribution is 6.19. The third-order valence-corrected chi connectivity index (χ3v) is 11.7. The van der Waals surface area contributed by atoms with Gasteiger partial charge in [0.1, 0.15) is 11.2 Å². The Kier molecular flexibility index (Phi) is 6.64. The predicted octanol–water partition coefficient (Wildman–Crippen LogP) is 15.5. The van der Waals surface area contributed by atoms with Crippen LogP contribution < -0.4 is 4.90 Å². The van der Waals surface area contributed by atoms with Gasteiger partial charge in [-0.3, -0.25) is 0 Å². The highest BCUT2D eigenvalue weighted by Crippen LogP contribution is 2.51. The molecular weight excluding hydrogens is 691 g/mol. The molecule has 11 rings (SSSR count). The first kappa shape index (κ1) is 29.2. The lowest BCUT2D eigenvalue weighted by Crippen LogP contribution is -2.16. The van der Waals surface area contributed by atoms with Crippen molar-refractivity contribution in [3.8, 4) is 44.5 Å². The standard InChI is InChI=1S/C55H39NO/c1-55(2)50-23-9-8-21-47(50)48-32-30-44(35-51(48)55)56(42-28-25-37(26-29-42)40-17-10-16-39(33-40)36-13-4-3-5-14-36)43-19-11-18-41(34-43)45-22-12-24-52-53(45)49-31-27-38-15-6-7-20-46(38)54(49)57-52/h3-35H,1-2H3/i25D,26D,28D,29D. The molecule has 0 aliphatic heterocycles. The number of hydrogen-bond donors (Lipinski definition) is 0. The molecule has 0 amide bonds. The van der Waals surface area contributed by atoms with Crippen molar-refractivity contribution < 1.29 is 9.90 Å². The van der Waals surface area contributed by atoms with E-state index in [9.17, 15) is 5.48 Å². The van der Waals surface area contributed by atoms with E-state index in [0.29, 0.717) is 11.3 Å². The average molecular weight is 734 g/mol. The van der Waals surface area contributed by atoms with E-state index < -0.39 is 0 Å². The van der Waals surface area contributed by atoms with Gasteiger partial charge >= 0.3 is 0 Å². The Hall–Kier alpha value is -7.16. The minimum atomic E-state index is -0.306. The first-order chi connectivity index (χ1) is 29.7. The van der Waals surface area contributed by atoms with E-state index in [1.807, 2.05) is 102 Å². The maximum atomic E-state index is 9.72. The molecule has 1 aliphatic carbocycles. The Morgan fingerprint density at radius 3 is 1.98 bits per heavy atom. The maximum Gasteiger partial charge on any atom is 0.143 e. The first-order valence-electron chi connectivity index (χ1n) is 21.4. The highest BCUT2D eigenvalue weighted by Gasteiger charge is 2.35. The van der Waals surface area contributed by atoms with Crippen LogP contribution in [0.2, 0.25) is 0 Å². The second kappa shape index (κ2) is 13.0. The molecule has 9 aromatic carbocycles. The molecule has 0 fully saturated rings. The fourth-order valence-corrected chi connectivity index (χ4v) is 8.89. The zero-order chi connectivity index (χ0) is 41.6. The summed E-state index contributed by atoms with van der Waals surface area (Å²) in [6.07, 6.45) is 0. The predicted molar refractivity (Wildman–Crippen MR) is 240 cm³/mol. The van der Waals surface area contributed by atoms with Crippen LogP contribution in [0.1, 0.15) is 30.5 Å². The molecule has 2 nitrogen and oxygen atoms in total. The molecule has 10 aromatic rings. The summed E-state index contributed by atoms with van der Waals surface area (Å²) in [4.78, 5) is 1.91. The fourth-order valence-electron chi connectivity index (χ4n) is 8.89. The van der Waals surface area contributed by atoms with Crippen molar-refractivity contribution >= 4 is 49.8 Å². The molecule has 2 heteroatoms. The Labute approximate surface area is 338 Å². The maximum absolute atomic E-state index is 9.72. The van der Waals surface area contributed by atoms with E-state index in [-0.39, 0.29) is 40.8 Å². The van der Waals surface area contributed by atoms with Crippen LogP contribution in [0.4, 0.5) is 17.1 Å². The number of benzene rings is 9. The van der Waals surface area contributed by atoms with Crippen LogP contribution in [0.5, 0.6) is 0 Å². The molecular formula is C55H39NO. The summed E-state index contributed by atoms with van der Waals surface area (Å²) in [5, 5.41) is 4.21. The van der Waals surface area contributed by atoms with Crippen LogP contribution in [0.3, 0.4) is 0 Å². The van der Waals surface area contributed by atoms with Crippen molar-refractivity contribution in [3.63, 3.8) is 0 Å². The minimum absolute atomic E-state index is 0.0990. The third kappa shape index (κ3) is 5.40. The zero-order valence-corrected chi connectivity index (χ0v) is 31.6. The van der Waals surface area contributed by atoms with Gasteiger partial charge in [-0.05, 0) is 116 Å². The molecule has 270 valence electrons. The smallest absolute Gasteiger partial charge is 0.143 e. The van der Waals surface area contributed by atoms with E-state index in [1.165, 1.54) is 11.1 Å². The topological polar surface area (TPSA) is 16.4 Å². The molecule has 0 N–H and O–H groups in total. The van der Waals surface area contributed by atoms with Crippen molar-refractivity contribution in [2.24, 2.45) is 0 Å². The van der Waals surface area contributed by atoms with Gasteiger partial charge in [-0.25, -0.2) is 0 Å². The van der Waals surface area contributed by atoms with Crippen LogP contribution in [0, 0.1) is 0 Å². The molecule has 0 radical (unpaired) electrons. The zero-order valence-electron chi connectivity index (χ0n) is 35.6. The van der Waals surface area contributed by atoms with E-state index in [2.05, 4.69) is 92.7 Å². The quantitative estimate of drug-likeness (QED) is 0.169. The molecule has 0 unspecified atom stereocenters. The van der Waals surface area contributed by atoms with Gasteiger partial charge in [0.15, 0.2) is 0 Å². The number of furan rings is 1. The van der Waals surface area contributed by atoms with Gasteiger partial charge < -0.3 is 9.32 Å². The van der Waals surface area contributed by atoms with Gasteiger partial charge in [0.2, 0.25) is 0 Å². The Balaban J connectivity index is 1.12. The summed E-state index contributed by atoms with van der Waals surface area (Å²) in [5.41, 5.74) is 12.5. The number of hydrogen-bond acceptors (Lipinski definition) is 2. The molecule has 1 heterocycles. The molecule has 0 atom stereocenters. The Morgan fingerprint density at radius 2 is 1.11 bits per heavy atom. The van der Waals surface area contributed by atoms with Gasteiger partial charge in [0.25, 0.3) is 0 Å². The molecule has 1 aromatic heterocycles. The van der Waals surface area contributed by atoms with Crippen molar-refractivity contribution in [2.75, 3.05) is 4.90 Å². The lowest BCUT2D eigenvalue weighted by molar-refractivity contribution is 0.660. The molecule has 1 aliphatic rings. The van der Waals surface area contributed by atoms with Crippen LogP contribution in [-0.4, -0.2) is 0 Å². The normalized spacial score (nSPS) is 13.9. The van der Waals surface area contributed by atoms with E-state index in [0.717, 1.165) is 71.8 Å². The SMILES string of the molecule is [2H]c1c([2H])c(N(c2cccc(-c3cccc4oc5c6ccccc6ccc5c34)c2)c2ccc3c(c2)C(C)(C)c2ccccc2-3)c([2H])c([2H])c1-c1cccc(-c2ccccc2)c1. The van der Waals surface area contributed by atoms with Crippen molar-refractivity contribution in [3.05, 3.63) is 211 Å². The monoisotopic (exact) mass is 733 g/mol. The van der Waals surface area contributed by atoms with E-state index >= 15 is 0 Å². The van der Waals surface area contributed by atoms with Crippen LogP contribution in [0.15, 0.2) is 205 Å².